The number of aromatic hydroxyl groups is 1. The lowest BCUT2D eigenvalue weighted by atomic mass is 9.99. The van der Waals surface area contributed by atoms with Gasteiger partial charge in [-0.3, -0.25) is 24.0 Å². The normalized spacial score (nSPS) is 27.2. The van der Waals surface area contributed by atoms with Crippen LogP contribution in [0.2, 0.25) is 0 Å². The SMILES string of the molecule is Cc1ccc(C(=O)NC2C(=O)NC(C(C)C)C(=O)N3C(C)CCC3C(=O)N(C)CC(=O)N(C)C(C(C)C)C(=O)OC2C)c(N)c1O. The number of aryl methyl sites for hydroxylation is 1. The van der Waals surface area contributed by atoms with Crippen LogP contribution in [0.25, 0.3) is 0 Å². The summed E-state index contributed by atoms with van der Waals surface area (Å²) in [4.78, 5) is 85.9. The predicted octanol–water partition coefficient (Wildman–Crippen LogP) is 0.788. The van der Waals surface area contributed by atoms with Crippen molar-refractivity contribution >= 4 is 41.2 Å². The Bertz CT molecular complexity index is 1380. The molecule has 0 aromatic heterocycles. The number of nitrogens with zero attached hydrogens (tertiary/aromatic N) is 3. The molecule has 2 saturated heterocycles. The third-order valence-corrected chi connectivity index (χ3v) is 8.87. The molecular formula is C32H48N6O8. The summed E-state index contributed by atoms with van der Waals surface area (Å²) >= 11 is 0. The number of amides is 5. The lowest BCUT2D eigenvalue weighted by Gasteiger charge is -2.37. The zero-order chi connectivity index (χ0) is 34.8. The molecular weight excluding hydrogens is 596 g/mol. The van der Waals surface area contributed by atoms with Crippen LogP contribution in [-0.4, -0.2) is 112 Å². The number of benzene rings is 1. The summed E-state index contributed by atoms with van der Waals surface area (Å²) in [6, 6.07) is -1.99. The molecule has 46 heavy (non-hydrogen) atoms. The Kier molecular flexibility index (Phi) is 11.3. The van der Waals surface area contributed by atoms with Crippen molar-refractivity contribution in [1.29, 1.82) is 0 Å². The Labute approximate surface area is 270 Å². The minimum absolute atomic E-state index is 0.111. The van der Waals surface area contributed by atoms with Crippen LogP contribution in [-0.2, 0) is 28.7 Å². The Hall–Kier alpha value is -4.36. The largest absolute Gasteiger partial charge is 0.505 e. The van der Waals surface area contributed by atoms with Gasteiger partial charge in [-0.2, -0.15) is 0 Å². The van der Waals surface area contributed by atoms with Crippen LogP contribution in [0, 0.1) is 18.8 Å². The summed E-state index contributed by atoms with van der Waals surface area (Å²) in [5.74, 6) is -5.05. The monoisotopic (exact) mass is 644 g/mol. The average molecular weight is 645 g/mol. The average Bonchev–Trinajstić information content (AvgIpc) is 3.36. The number of hydrogen-bond acceptors (Lipinski definition) is 9. The number of carbonyl (C=O) groups is 6. The third kappa shape index (κ3) is 7.37. The zero-order valence-corrected chi connectivity index (χ0v) is 28.1. The number of rotatable bonds is 4. The summed E-state index contributed by atoms with van der Waals surface area (Å²) in [6.07, 6.45) is -0.360. The first-order valence-corrected chi connectivity index (χ1v) is 15.6. The fourth-order valence-corrected chi connectivity index (χ4v) is 6.05. The van der Waals surface area contributed by atoms with Crippen molar-refractivity contribution in [2.24, 2.45) is 11.8 Å². The van der Waals surface area contributed by atoms with Gasteiger partial charge in [0.1, 0.15) is 36.0 Å². The first kappa shape index (κ1) is 36.1. The fraction of sp³-hybridized carbons (Fsp3) is 0.625. The Morgan fingerprint density at radius 3 is 2.24 bits per heavy atom. The number of ether oxygens (including phenoxy) is 1. The van der Waals surface area contributed by atoms with Crippen molar-refractivity contribution in [2.45, 2.75) is 97.6 Å². The number of phenolic OH excluding ortho intramolecular Hbond substituents is 1. The smallest absolute Gasteiger partial charge is 0.329 e. The Morgan fingerprint density at radius 1 is 1.02 bits per heavy atom. The Balaban J connectivity index is 2.11. The molecule has 1 aromatic carbocycles. The molecule has 5 N–H and O–H groups in total. The van der Waals surface area contributed by atoms with E-state index in [4.69, 9.17) is 10.5 Å². The molecule has 254 valence electrons. The number of cyclic esters (lactones) is 1. The quantitative estimate of drug-likeness (QED) is 0.208. The van der Waals surface area contributed by atoms with Gasteiger partial charge in [0, 0.05) is 20.1 Å². The molecule has 2 aliphatic heterocycles. The molecule has 5 amide bonds. The van der Waals surface area contributed by atoms with Crippen molar-refractivity contribution < 1.29 is 38.6 Å². The van der Waals surface area contributed by atoms with Crippen molar-refractivity contribution in [3.05, 3.63) is 23.3 Å². The van der Waals surface area contributed by atoms with Crippen LogP contribution in [0.1, 0.15) is 70.3 Å². The molecule has 2 heterocycles. The first-order chi connectivity index (χ1) is 21.4. The number of esters is 1. The minimum atomic E-state index is -1.52. The van der Waals surface area contributed by atoms with E-state index in [1.165, 1.54) is 47.9 Å². The van der Waals surface area contributed by atoms with E-state index in [2.05, 4.69) is 10.6 Å². The number of nitrogens with two attached hydrogens (primary N) is 1. The van der Waals surface area contributed by atoms with Crippen LogP contribution in [0.5, 0.6) is 5.75 Å². The molecule has 3 rings (SSSR count). The second-order valence-electron chi connectivity index (χ2n) is 13.1. The van der Waals surface area contributed by atoms with Gasteiger partial charge in [-0.05, 0) is 57.1 Å². The van der Waals surface area contributed by atoms with Crippen LogP contribution in [0.3, 0.4) is 0 Å². The van der Waals surface area contributed by atoms with E-state index in [9.17, 15) is 33.9 Å². The predicted molar refractivity (Wildman–Crippen MR) is 169 cm³/mol. The summed E-state index contributed by atoms with van der Waals surface area (Å²) in [5, 5.41) is 15.6. The van der Waals surface area contributed by atoms with E-state index >= 15 is 0 Å². The summed E-state index contributed by atoms with van der Waals surface area (Å²) in [7, 11) is 2.91. The number of hydrogen-bond donors (Lipinski definition) is 4. The number of nitrogen functional groups attached to an aromatic ring is 1. The molecule has 14 nitrogen and oxygen atoms in total. The number of likely N-dealkylation sites (N-methyl/N-ethyl adjacent to an activating group) is 2. The first-order valence-electron chi connectivity index (χ1n) is 15.6. The molecule has 0 saturated carbocycles. The minimum Gasteiger partial charge on any atom is -0.505 e. The summed E-state index contributed by atoms with van der Waals surface area (Å²) in [6.45, 7) is 11.4. The van der Waals surface area contributed by atoms with Gasteiger partial charge in [0.2, 0.25) is 23.6 Å². The number of phenols is 1. The molecule has 1 aromatic rings. The number of carbonyl (C=O) groups excluding carboxylic acids is 6. The highest BCUT2D eigenvalue weighted by atomic mass is 16.5. The molecule has 6 unspecified atom stereocenters. The third-order valence-electron chi connectivity index (χ3n) is 8.87. The van der Waals surface area contributed by atoms with Crippen LogP contribution in [0.4, 0.5) is 5.69 Å². The molecule has 0 radical (unpaired) electrons. The maximum absolute atomic E-state index is 14.0. The van der Waals surface area contributed by atoms with E-state index in [-0.39, 0.29) is 29.6 Å². The topological polar surface area (TPSA) is 192 Å². The lowest BCUT2D eigenvalue weighted by molar-refractivity contribution is -0.163. The number of anilines is 1. The van der Waals surface area contributed by atoms with Gasteiger partial charge in [-0.15, -0.1) is 0 Å². The van der Waals surface area contributed by atoms with Crippen LogP contribution < -0.4 is 16.4 Å². The van der Waals surface area contributed by atoms with E-state index in [0.717, 1.165) is 0 Å². The highest BCUT2D eigenvalue weighted by molar-refractivity contribution is 6.03. The van der Waals surface area contributed by atoms with Gasteiger partial charge < -0.3 is 40.9 Å². The maximum atomic E-state index is 14.0. The van der Waals surface area contributed by atoms with Gasteiger partial charge in [0.15, 0.2) is 0 Å². The second-order valence-corrected chi connectivity index (χ2v) is 13.1. The van der Waals surface area contributed by atoms with Crippen molar-refractivity contribution in [2.75, 3.05) is 26.4 Å². The maximum Gasteiger partial charge on any atom is 0.329 e. The Morgan fingerprint density at radius 2 is 1.65 bits per heavy atom. The van der Waals surface area contributed by atoms with Gasteiger partial charge in [0.05, 0.1) is 17.8 Å². The van der Waals surface area contributed by atoms with Crippen LogP contribution >= 0.6 is 0 Å². The molecule has 6 atom stereocenters. The van der Waals surface area contributed by atoms with E-state index in [0.29, 0.717) is 18.4 Å². The fourth-order valence-electron chi connectivity index (χ4n) is 6.05. The van der Waals surface area contributed by atoms with Crippen LogP contribution in [0.15, 0.2) is 12.1 Å². The summed E-state index contributed by atoms with van der Waals surface area (Å²) < 4.78 is 5.73. The van der Waals surface area contributed by atoms with Crippen molar-refractivity contribution in [3.8, 4) is 5.75 Å². The van der Waals surface area contributed by atoms with Crippen molar-refractivity contribution in [3.63, 3.8) is 0 Å². The lowest BCUT2D eigenvalue weighted by Crippen LogP contribution is -2.62. The van der Waals surface area contributed by atoms with Gasteiger partial charge in [-0.25, -0.2) is 4.79 Å². The molecule has 14 heteroatoms. The zero-order valence-electron chi connectivity index (χ0n) is 28.1. The van der Waals surface area contributed by atoms with E-state index in [1.807, 2.05) is 6.92 Å². The van der Waals surface area contributed by atoms with Crippen molar-refractivity contribution in [1.82, 2.24) is 25.3 Å². The molecule has 2 aliphatic rings. The molecule has 0 bridgehead atoms. The highest BCUT2D eigenvalue weighted by Gasteiger charge is 2.45. The standard InChI is InChI=1S/C32H48N6O8/c1-15(2)24-31(44)38-18(6)11-13-21(38)30(43)36(8)14-22(39)37(9)26(16(3)4)32(45)46-19(7)25(29(42)34-24)35-28(41)20-12-10-17(5)27(40)23(20)33/h10,12,15-16,18-19,21,24-26,40H,11,13-14,33H2,1-9H3,(H,34,42)(H,35,41). The second kappa shape index (κ2) is 14.4. The molecule has 2 fully saturated rings. The highest BCUT2D eigenvalue weighted by Crippen LogP contribution is 2.29. The van der Waals surface area contributed by atoms with Gasteiger partial charge in [-0.1, -0.05) is 33.8 Å². The molecule has 0 aliphatic carbocycles. The van der Waals surface area contributed by atoms with Gasteiger partial charge in [0.25, 0.3) is 5.91 Å². The van der Waals surface area contributed by atoms with E-state index < -0.39 is 77.6 Å². The number of nitrogens with one attached hydrogen (secondary N) is 2. The number of fused-ring (bicyclic) bond motifs is 1. The summed E-state index contributed by atoms with van der Waals surface area (Å²) in [5.41, 5.74) is 6.14. The van der Waals surface area contributed by atoms with Gasteiger partial charge >= 0.3 is 5.97 Å². The molecule has 0 spiro atoms. The van der Waals surface area contributed by atoms with E-state index in [1.54, 1.807) is 34.6 Å².